The number of carbonyl (C=O) groups excluding carboxylic acids is 2. The lowest BCUT2D eigenvalue weighted by molar-refractivity contribution is -0.137. The molecule has 0 bridgehead atoms. The van der Waals surface area contributed by atoms with Crippen molar-refractivity contribution in [2.45, 2.75) is 18.0 Å². The van der Waals surface area contributed by atoms with Gasteiger partial charge in [0.05, 0.1) is 34.2 Å². The molecule has 0 fully saturated rings. The molecule has 2 amide bonds. The number of aromatic nitrogens is 2. The Hall–Kier alpha value is -4.04. The van der Waals surface area contributed by atoms with E-state index in [1.165, 1.54) is 23.9 Å². The SMILES string of the molecule is Cn1nc2c3c(c(-c4c(F)cc(C(F)(F)F)cc4C(N)=O)cc2c1CS(C)(=O)=O)C(c1cc(F)ccc1Cl)NC3=O. The Morgan fingerprint density at radius 2 is 1.83 bits per heavy atom. The van der Waals surface area contributed by atoms with E-state index in [9.17, 15) is 35.6 Å². The van der Waals surface area contributed by atoms with Crippen LogP contribution in [0.4, 0.5) is 22.0 Å². The van der Waals surface area contributed by atoms with Crippen molar-refractivity contribution in [2.24, 2.45) is 12.8 Å². The predicted octanol–water partition coefficient (Wildman–Crippen LogP) is 4.67. The summed E-state index contributed by atoms with van der Waals surface area (Å²) in [4.78, 5) is 25.8. The van der Waals surface area contributed by atoms with Gasteiger partial charge in [-0.15, -0.1) is 0 Å². The van der Waals surface area contributed by atoms with Gasteiger partial charge in [-0.05, 0) is 42.0 Å². The van der Waals surface area contributed by atoms with Crippen molar-refractivity contribution in [3.63, 3.8) is 0 Å². The second-order valence-electron chi connectivity index (χ2n) is 9.56. The molecule has 41 heavy (non-hydrogen) atoms. The molecule has 3 aromatic carbocycles. The summed E-state index contributed by atoms with van der Waals surface area (Å²) in [5, 5.41) is 6.96. The molecule has 3 N–H and O–H groups in total. The number of amides is 2. The molecule has 0 radical (unpaired) electrons. The van der Waals surface area contributed by atoms with E-state index >= 15 is 4.39 Å². The third-order valence-electron chi connectivity index (χ3n) is 6.70. The molecule has 4 aromatic rings. The number of benzene rings is 3. The zero-order valence-electron chi connectivity index (χ0n) is 21.0. The number of rotatable bonds is 5. The van der Waals surface area contributed by atoms with Crippen molar-refractivity contribution in [2.75, 3.05) is 6.26 Å². The number of nitrogens with one attached hydrogen (secondary N) is 1. The molecule has 5 rings (SSSR count). The summed E-state index contributed by atoms with van der Waals surface area (Å²) in [5.41, 5.74) is 1.97. The van der Waals surface area contributed by atoms with Crippen LogP contribution in [0.5, 0.6) is 0 Å². The van der Waals surface area contributed by atoms with Gasteiger partial charge in [0.15, 0.2) is 9.84 Å². The molecule has 1 aliphatic heterocycles. The lowest BCUT2D eigenvalue weighted by Crippen LogP contribution is -2.21. The fourth-order valence-corrected chi connectivity index (χ4v) is 6.10. The molecular formula is C26H18ClF5N4O4S. The summed E-state index contributed by atoms with van der Waals surface area (Å²) in [7, 11) is -2.27. The summed E-state index contributed by atoms with van der Waals surface area (Å²) in [6, 6.07) is 3.81. The van der Waals surface area contributed by atoms with Crippen LogP contribution < -0.4 is 11.1 Å². The van der Waals surface area contributed by atoms with Gasteiger partial charge < -0.3 is 11.1 Å². The fourth-order valence-electron chi connectivity index (χ4n) is 5.03. The van der Waals surface area contributed by atoms with Gasteiger partial charge in [-0.2, -0.15) is 18.3 Å². The Balaban J connectivity index is 1.96. The molecule has 0 spiro atoms. The molecule has 8 nitrogen and oxygen atoms in total. The molecule has 15 heteroatoms. The van der Waals surface area contributed by atoms with E-state index in [1.807, 2.05) is 0 Å². The molecule has 1 unspecified atom stereocenters. The quantitative estimate of drug-likeness (QED) is 0.317. The lowest BCUT2D eigenvalue weighted by atomic mass is 9.85. The van der Waals surface area contributed by atoms with E-state index in [0.29, 0.717) is 6.07 Å². The Labute approximate surface area is 233 Å². The van der Waals surface area contributed by atoms with Crippen LogP contribution in [-0.4, -0.2) is 36.3 Å². The van der Waals surface area contributed by atoms with Crippen molar-refractivity contribution in [3.8, 4) is 11.1 Å². The highest BCUT2D eigenvalue weighted by molar-refractivity contribution is 7.89. The smallest absolute Gasteiger partial charge is 0.366 e. The van der Waals surface area contributed by atoms with Crippen LogP contribution in [0, 0.1) is 11.6 Å². The van der Waals surface area contributed by atoms with E-state index < -0.39 is 67.9 Å². The fraction of sp³-hybridized carbons (Fsp3) is 0.192. The number of sulfone groups is 1. The maximum atomic E-state index is 15.7. The number of hydrogen-bond acceptors (Lipinski definition) is 5. The molecule has 1 aromatic heterocycles. The van der Waals surface area contributed by atoms with Crippen molar-refractivity contribution < 1.29 is 40.0 Å². The van der Waals surface area contributed by atoms with E-state index in [2.05, 4.69) is 10.4 Å². The first-order chi connectivity index (χ1) is 19.0. The van der Waals surface area contributed by atoms with E-state index in [1.54, 1.807) is 0 Å². The minimum Gasteiger partial charge on any atom is -0.366 e. The van der Waals surface area contributed by atoms with Gasteiger partial charge in [0.25, 0.3) is 5.91 Å². The number of hydrogen-bond donors (Lipinski definition) is 2. The largest absolute Gasteiger partial charge is 0.416 e. The minimum absolute atomic E-state index is 0.00241. The van der Waals surface area contributed by atoms with Gasteiger partial charge in [0, 0.05) is 40.4 Å². The Morgan fingerprint density at radius 1 is 1.15 bits per heavy atom. The van der Waals surface area contributed by atoms with Gasteiger partial charge in [-0.25, -0.2) is 17.2 Å². The van der Waals surface area contributed by atoms with E-state index in [-0.39, 0.29) is 49.9 Å². The maximum absolute atomic E-state index is 15.7. The number of halogens is 6. The summed E-state index contributed by atoms with van der Waals surface area (Å²) < 4.78 is 96.1. The zero-order chi connectivity index (χ0) is 30.2. The molecule has 0 saturated carbocycles. The lowest BCUT2D eigenvalue weighted by Gasteiger charge is -2.20. The Morgan fingerprint density at radius 3 is 2.44 bits per heavy atom. The zero-order valence-corrected chi connectivity index (χ0v) is 22.6. The average molecular weight is 613 g/mol. The second-order valence-corrected chi connectivity index (χ2v) is 12.1. The molecule has 1 atom stereocenters. The standard InChI is InChI=1S/C26H18ClF5N4O4S/c1-36-18(9-41(2,39)40)13-8-14(19-15(24(33)37)5-10(6-17(19)29)26(30,31)32)20-21(23(13)35-36)25(38)34-22(20)12-7-11(28)3-4-16(12)27/h3-8,22H,9H2,1-2H3,(H2,33,37)(H,34,38). The number of aryl methyl sites for hydroxylation is 1. The highest BCUT2D eigenvalue weighted by atomic mass is 35.5. The van der Waals surface area contributed by atoms with Crippen LogP contribution in [0.3, 0.4) is 0 Å². The maximum Gasteiger partial charge on any atom is 0.416 e. The average Bonchev–Trinajstić information content (AvgIpc) is 3.34. The first kappa shape index (κ1) is 28.5. The predicted molar refractivity (Wildman–Crippen MR) is 139 cm³/mol. The van der Waals surface area contributed by atoms with Gasteiger partial charge in [0.2, 0.25) is 5.91 Å². The van der Waals surface area contributed by atoms with E-state index in [4.69, 9.17) is 17.3 Å². The van der Waals surface area contributed by atoms with Crippen LogP contribution in [-0.2, 0) is 28.8 Å². The van der Waals surface area contributed by atoms with Crippen LogP contribution in [0.2, 0.25) is 5.02 Å². The summed E-state index contributed by atoms with van der Waals surface area (Å²) in [6.45, 7) is 0. The minimum atomic E-state index is -5.03. The third kappa shape index (κ3) is 4.90. The summed E-state index contributed by atoms with van der Waals surface area (Å²) in [5.74, 6) is -4.97. The molecule has 0 aliphatic carbocycles. The van der Waals surface area contributed by atoms with Gasteiger partial charge in [0.1, 0.15) is 17.2 Å². The molecule has 0 saturated heterocycles. The van der Waals surface area contributed by atoms with Crippen LogP contribution >= 0.6 is 11.6 Å². The molecule has 2 heterocycles. The van der Waals surface area contributed by atoms with Gasteiger partial charge in [-0.1, -0.05) is 11.6 Å². The van der Waals surface area contributed by atoms with Gasteiger partial charge >= 0.3 is 6.18 Å². The van der Waals surface area contributed by atoms with Crippen LogP contribution in [0.25, 0.3) is 22.0 Å². The molecular weight excluding hydrogens is 595 g/mol. The first-order valence-corrected chi connectivity index (χ1v) is 14.1. The Bertz CT molecular complexity index is 1920. The van der Waals surface area contributed by atoms with E-state index in [0.717, 1.165) is 18.4 Å². The van der Waals surface area contributed by atoms with Crippen molar-refractivity contribution in [3.05, 3.63) is 86.6 Å². The number of carbonyl (C=O) groups is 2. The van der Waals surface area contributed by atoms with Crippen LogP contribution in [0.1, 0.15) is 49.1 Å². The van der Waals surface area contributed by atoms with Gasteiger partial charge in [-0.3, -0.25) is 14.3 Å². The number of fused-ring (bicyclic) bond motifs is 3. The van der Waals surface area contributed by atoms with Crippen molar-refractivity contribution >= 4 is 44.2 Å². The van der Waals surface area contributed by atoms with Crippen molar-refractivity contribution in [1.29, 1.82) is 0 Å². The molecule has 214 valence electrons. The topological polar surface area (TPSA) is 124 Å². The highest BCUT2D eigenvalue weighted by Gasteiger charge is 2.40. The number of nitrogens with two attached hydrogens (primary N) is 1. The summed E-state index contributed by atoms with van der Waals surface area (Å²) >= 11 is 6.32. The number of alkyl halides is 3. The normalized spacial score (nSPS) is 15.3. The second kappa shape index (κ2) is 9.52. The van der Waals surface area contributed by atoms with Crippen LogP contribution in [0.15, 0.2) is 36.4 Å². The third-order valence-corrected chi connectivity index (χ3v) is 7.85. The number of primary amides is 1. The molecule has 1 aliphatic rings. The summed E-state index contributed by atoms with van der Waals surface area (Å²) in [6.07, 6.45) is -4.08. The van der Waals surface area contributed by atoms with Crippen molar-refractivity contribution in [1.82, 2.24) is 15.1 Å². The highest BCUT2D eigenvalue weighted by Crippen LogP contribution is 2.46. The number of nitrogens with zero attached hydrogens (tertiary/aromatic N) is 2. The Kier molecular flexibility index (Phi) is 6.61. The monoisotopic (exact) mass is 612 g/mol. The first-order valence-electron chi connectivity index (χ1n) is 11.6.